The molecule has 0 saturated carbocycles. The maximum Gasteiger partial charge on any atom is 0.249 e. The number of amides is 3. The number of benzene rings is 1. The van der Waals surface area contributed by atoms with Crippen LogP contribution in [0.5, 0.6) is 0 Å². The number of carbonyl (C=O) groups is 3. The Hall–Kier alpha value is -2.97. The summed E-state index contributed by atoms with van der Waals surface area (Å²) >= 11 is 0. The number of ether oxygens (including phenoxy) is 1. The van der Waals surface area contributed by atoms with Crippen LogP contribution in [0.1, 0.15) is 32.8 Å². The Morgan fingerprint density at radius 3 is 2.47 bits per heavy atom. The third-order valence-electron chi connectivity index (χ3n) is 7.83. The highest BCUT2D eigenvalue weighted by Crippen LogP contribution is 2.53. The predicted octanol–water partition coefficient (Wildman–Crippen LogP) is 1.75. The van der Waals surface area contributed by atoms with Crippen LogP contribution in [-0.2, 0) is 25.7 Å². The van der Waals surface area contributed by atoms with Gasteiger partial charge in [0.25, 0.3) is 0 Å². The lowest BCUT2D eigenvalue weighted by Gasteiger charge is -2.40. The first-order valence-electron chi connectivity index (χ1n) is 12.8. The Morgan fingerprint density at radius 1 is 1.03 bits per heavy atom. The van der Waals surface area contributed by atoms with Crippen LogP contribution in [0.15, 0.2) is 54.6 Å². The Morgan fingerprint density at radius 2 is 1.78 bits per heavy atom. The molecule has 8 nitrogen and oxygen atoms in total. The molecular weight excluding hydrogens is 458 g/mol. The fraction of sp³-hybridized carbons (Fsp3) is 0.536. The number of aliphatic hydroxyl groups is 1. The molecule has 4 aliphatic rings. The molecule has 192 valence electrons. The highest BCUT2D eigenvalue weighted by molar-refractivity contribution is 6.00. The molecule has 1 N–H and O–H groups in total. The number of rotatable bonds is 5. The molecule has 36 heavy (non-hydrogen) atoms. The standard InChI is InChI=1S/C28H35N3O5/c1-27(2,3)31-16-8-13-28-22(25(34)30(15-9-17-32)23(28)26(31)35)21-20(36-28)12-7-14-29(24(21)33)18-19-10-5-4-6-11-19/h4-8,10-13,20-23,32H,9,14-18H2,1-3H3/t20-,21+,22-,23?,28-/m0/s1. The summed E-state index contributed by atoms with van der Waals surface area (Å²) < 4.78 is 6.63. The average molecular weight is 494 g/mol. The fourth-order valence-corrected chi connectivity index (χ4v) is 6.22. The van der Waals surface area contributed by atoms with Crippen molar-refractivity contribution in [3.8, 4) is 0 Å². The molecular formula is C28H35N3O5. The molecule has 5 rings (SSSR count). The van der Waals surface area contributed by atoms with Crippen molar-refractivity contribution < 1.29 is 24.2 Å². The number of hydrogen-bond donors (Lipinski definition) is 1. The van der Waals surface area contributed by atoms with Gasteiger partial charge < -0.3 is 24.5 Å². The van der Waals surface area contributed by atoms with Gasteiger partial charge in [-0.3, -0.25) is 14.4 Å². The van der Waals surface area contributed by atoms with Gasteiger partial charge in [-0.05, 0) is 32.8 Å². The molecule has 1 aromatic carbocycles. The number of likely N-dealkylation sites (tertiary alicyclic amines) is 1. The van der Waals surface area contributed by atoms with Crippen molar-refractivity contribution in [2.75, 3.05) is 26.2 Å². The maximum absolute atomic E-state index is 14.0. The van der Waals surface area contributed by atoms with Gasteiger partial charge in [-0.2, -0.15) is 0 Å². The molecule has 2 fully saturated rings. The van der Waals surface area contributed by atoms with E-state index < -0.39 is 35.1 Å². The van der Waals surface area contributed by atoms with Gasteiger partial charge in [0.05, 0.1) is 17.9 Å². The van der Waals surface area contributed by atoms with E-state index in [2.05, 4.69) is 0 Å². The summed E-state index contributed by atoms with van der Waals surface area (Å²) in [5.74, 6) is -2.10. The van der Waals surface area contributed by atoms with Crippen molar-refractivity contribution in [3.05, 3.63) is 60.2 Å². The van der Waals surface area contributed by atoms with Gasteiger partial charge in [0.2, 0.25) is 17.7 Å². The third kappa shape index (κ3) is 3.87. The monoisotopic (exact) mass is 493 g/mol. The fourth-order valence-electron chi connectivity index (χ4n) is 6.22. The topological polar surface area (TPSA) is 90.4 Å². The molecule has 0 aromatic heterocycles. The van der Waals surface area contributed by atoms with E-state index in [1.807, 2.05) is 75.4 Å². The second-order valence-corrected chi connectivity index (χ2v) is 11.1. The SMILES string of the molecule is CC(C)(C)N1CC=C[C@]23O[C@H]4C=CCN(Cc5ccccc5)C(=O)[C@H]4[C@H]2C(=O)N(CCCO)C3C1=O. The van der Waals surface area contributed by atoms with Crippen molar-refractivity contribution >= 4 is 17.7 Å². The van der Waals surface area contributed by atoms with Gasteiger partial charge in [0.15, 0.2) is 0 Å². The molecule has 1 unspecified atom stereocenters. The molecule has 0 radical (unpaired) electrons. The van der Waals surface area contributed by atoms with Crippen molar-refractivity contribution in [3.63, 3.8) is 0 Å². The smallest absolute Gasteiger partial charge is 0.249 e. The zero-order chi connectivity index (χ0) is 25.7. The lowest BCUT2D eigenvalue weighted by atomic mass is 9.77. The maximum atomic E-state index is 14.0. The minimum Gasteiger partial charge on any atom is -0.396 e. The Kier molecular flexibility index (Phi) is 6.29. The summed E-state index contributed by atoms with van der Waals surface area (Å²) in [5.41, 5.74) is -0.673. The minimum absolute atomic E-state index is 0.0966. The number of hydrogen-bond acceptors (Lipinski definition) is 5. The molecule has 1 aromatic rings. The Labute approximate surface area is 212 Å². The zero-order valence-electron chi connectivity index (χ0n) is 21.2. The van der Waals surface area contributed by atoms with Gasteiger partial charge in [-0.15, -0.1) is 0 Å². The molecule has 5 atom stereocenters. The van der Waals surface area contributed by atoms with Crippen molar-refractivity contribution in [1.29, 1.82) is 0 Å². The number of nitrogens with zero attached hydrogens (tertiary/aromatic N) is 3. The van der Waals surface area contributed by atoms with Crippen LogP contribution in [0.4, 0.5) is 0 Å². The van der Waals surface area contributed by atoms with Crippen molar-refractivity contribution in [1.82, 2.24) is 14.7 Å². The van der Waals surface area contributed by atoms with Gasteiger partial charge in [0, 0.05) is 38.3 Å². The van der Waals surface area contributed by atoms with E-state index in [4.69, 9.17) is 4.74 Å². The average Bonchev–Trinajstić information content (AvgIpc) is 3.14. The van der Waals surface area contributed by atoms with Crippen LogP contribution in [0.25, 0.3) is 0 Å². The lowest BCUT2D eigenvalue weighted by molar-refractivity contribution is -0.151. The zero-order valence-corrected chi connectivity index (χ0v) is 21.2. The molecule has 0 aliphatic carbocycles. The molecule has 0 bridgehead atoms. The molecule has 4 aliphatic heterocycles. The molecule has 3 amide bonds. The molecule has 1 spiro atoms. The Bertz CT molecular complexity index is 1090. The quantitative estimate of drug-likeness (QED) is 0.632. The summed E-state index contributed by atoms with van der Waals surface area (Å²) in [6.07, 6.45) is 7.33. The van der Waals surface area contributed by atoms with Gasteiger partial charge in [0.1, 0.15) is 11.6 Å². The summed E-state index contributed by atoms with van der Waals surface area (Å²) in [6.45, 7) is 7.31. The summed E-state index contributed by atoms with van der Waals surface area (Å²) in [7, 11) is 0. The third-order valence-corrected chi connectivity index (χ3v) is 7.83. The van der Waals surface area contributed by atoms with E-state index in [9.17, 15) is 19.5 Å². The van der Waals surface area contributed by atoms with E-state index in [0.717, 1.165) is 5.56 Å². The first-order chi connectivity index (χ1) is 17.2. The van der Waals surface area contributed by atoms with E-state index >= 15 is 0 Å². The highest BCUT2D eigenvalue weighted by Gasteiger charge is 2.71. The minimum atomic E-state index is -1.23. The lowest BCUT2D eigenvalue weighted by Crippen LogP contribution is -2.58. The molecule has 2 saturated heterocycles. The van der Waals surface area contributed by atoms with Crippen molar-refractivity contribution in [2.45, 2.75) is 57.0 Å². The predicted molar refractivity (Wildman–Crippen MR) is 133 cm³/mol. The van der Waals surface area contributed by atoms with Crippen molar-refractivity contribution in [2.24, 2.45) is 11.8 Å². The molecule has 4 heterocycles. The van der Waals surface area contributed by atoms with Crippen LogP contribution < -0.4 is 0 Å². The van der Waals surface area contributed by atoms with Gasteiger partial charge in [-0.25, -0.2) is 0 Å². The van der Waals surface area contributed by atoms with E-state index in [1.165, 1.54) is 0 Å². The number of carbonyl (C=O) groups excluding carboxylic acids is 3. The highest BCUT2D eigenvalue weighted by atomic mass is 16.5. The van der Waals surface area contributed by atoms with Crippen LogP contribution in [-0.4, -0.2) is 87.1 Å². The first-order valence-corrected chi connectivity index (χ1v) is 12.8. The van der Waals surface area contributed by atoms with E-state index in [1.54, 1.807) is 14.7 Å². The van der Waals surface area contributed by atoms with Crippen LogP contribution >= 0.6 is 0 Å². The summed E-state index contributed by atoms with van der Waals surface area (Å²) in [5, 5.41) is 9.51. The van der Waals surface area contributed by atoms with Gasteiger partial charge >= 0.3 is 0 Å². The summed E-state index contributed by atoms with van der Waals surface area (Å²) in [6, 6.07) is 8.90. The van der Waals surface area contributed by atoms with E-state index in [-0.39, 0.29) is 30.9 Å². The molecule has 8 heteroatoms. The van der Waals surface area contributed by atoms with E-state index in [0.29, 0.717) is 26.1 Å². The second kappa shape index (κ2) is 9.16. The summed E-state index contributed by atoms with van der Waals surface area (Å²) in [4.78, 5) is 47.1. The second-order valence-electron chi connectivity index (χ2n) is 11.1. The van der Waals surface area contributed by atoms with Crippen LogP contribution in [0.3, 0.4) is 0 Å². The van der Waals surface area contributed by atoms with Crippen LogP contribution in [0, 0.1) is 11.8 Å². The number of fused-ring (bicyclic) bond motifs is 2. The largest absolute Gasteiger partial charge is 0.396 e. The van der Waals surface area contributed by atoms with Gasteiger partial charge in [-0.1, -0.05) is 54.6 Å². The Balaban J connectivity index is 1.55. The van der Waals surface area contributed by atoms with Crippen LogP contribution in [0.2, 0.25) is 0 Å². The first kappa shape index (κ1) is 24.7. The number of aliphatic hydroxyl groups excluding tert-OH is 1. The normalized spacial score (nSPS) is 31.9.